The van der Waals surface area contributed by atoms with Gasteiger partial charge < -0.3 is 14.4 Å². The summed E-state index contributed by atoms with van der Waals surface area (Å²) in [6.45, 7) is 2.32. The minimum atomic E-state index is -0.881. The van der Waals surface area contributed by atoms with E-state index in [-0.39, 0.29) is 18.7 Å². The molecule has 0 spiro atoms. The van der Waals surface area contributed by atoms with Gasteiger partial charge in [0.15, 0.2) is 16.3 Å². The van der Waals surface area contributed by atoms with Gasteiger partial charge in [-0.3, -0.25) is 14.3 Å². The van der Waals surface area contributed by atoms with E-state index in [0.29, 0.717) is 16.6 Å². The molecule has 0 fully saturated rings. The van der Waals surface area contributed by atoms with Crippen LogP contribution in [0.4, 0.5) is 0 Å². The van der Waals surface area contributed by atoms with Gasteiger partial charge in [0.05, 0.1) is 6.54 Å². The second kappa shape index (κ2) is 10.3. The van der Waals surface area contributed by atoms with Gasteiger partial charge in [-0.05, 0) is 17.9 Å². The van der Waals surface area contributed by atoms with Crippen molar-refractivity contribution in [3.63, 3.8) is 0 Å². The quantitative estimate of drug-likeness (QED) is 0.274. The molecule has 9 heteroatoms. The van der Waals surface area contributed by atoms with Crippen molar-refractivity contribution in [1.29, 1.82) is 0 Å². The van der Waals surface area contributed by atoms with E-state index in [4.69, 9.17) is 4.74 Å². The summed E-state index contributed by atoms with van der Waals surface area (Å²) in [6.07, 6.45) is 2.35. The fourth-order valence-electron chi connectivity index (χ4n) is 3.78. The maximum absolute atomic E-state index is 12.6. The van der Waals surface area contributed by atoms with Crippen LogP contribution in [0.25, 0.3) is 21.9 Å². The molecule has 2 heterocycles. The minimum absolute atomic E-state index is 0.0529. The number of hydrogen-bond donors (Lipinski definition) is 2. The van der Waals surface area contributed by atoms with Gasteiger partial charge in [0.25, 0.3) is 5.56 Å². The van der Waals surface area contributed by atoms with Gasteiger partial charge in [0.2, 0.25) is 0 Å². The highest BCUT2D eigenvalue weighted by Crippen LogP contribution is 2.26. The third-order valence-electron chi connectivity index (χ3n) is 5.53. The maximum Gasteiger partial charge on any atom is 0.329 e. The number of rotatable bonds is 10. The van der Waals surface area contributed by atoms with Crippen LogP contribution in [0.15, 0.2) is 57.2 Å². The normalized spacial score (nSPS) is 12.5. The van der Waals surface area contributed by atoms with E-state index in [1.54, 1.807) is 11.6 Å². The van der Waals surface area contributed by atoms with Crippen LogP contribution in [0.1, 0.15) is 26.2 Å². The number of ether oxygens (including phenoxy) is 1. The first-order valence-electron chi connectivity index (χ1n) is 11.1. The van der Waals surface area contributed by atoms with E-state index < -0.39 is 17.4 Å². The maximum atomic E-state index is 12.6. The van der Waals surface area contributed by atoms with E-state index in [1.807, 2.05) is 42.5 Å². The molecule has 0 saturated carbocycles. The van der Waals surface area contributed by atoms with Crippen molar-refractivity contribution in [2.75, 3.05) is 12.4 Å². The Morgan fingerprint density at radius 1 is 1.15 bits per heavy atom. The summed E-state index contributed by atoms with van der Waals surface area (Å²) >= 11 is 1.53. The number of aromatic nitrogens is 4. The molecule has 4 aromatic rings. The number of thioether (sulfide) groups is 1. The van der Waals surface area contributed by atoms with Crippen LogP contribution in [-0.4, -0.2) is 42.7 Å². The van der Waals surface area contributed by atoms with Crippen molar-refractivity contribution in [3.05, 3.63) is 63.3 Å². The summed E-state index contributed by atoms with van der Waals surface area (Å²) in [6, 6.07) is 13.7. The molecule has 0 saturated heterocycles. The summed E-state index contributed by atoms with van der Waals surface area (Å²) in [5.41, 5.74) is -0.439. The van der Waals surface area contributed by atoms with Crippen molar-refractivity contribution < 1.29 is 9.84 Å². The Balaban J connectivity index is 1.58. The summed E-state index contributed by atoms with van der Waals surface area (Å²) in [4.78, 5) is 31.6. The SMILES string of the molecule is CCCCCSc1nc2c(c(=O)[nH]c(=O)n2C)n1CC(O)COc1cccc2ccccc12. The van der Waals surface area contributed by atoms with Crippen molar-refractivity contribution >= 4 is 33.7 Å². The van der Waals surface area contributed by atoms with Gasteiger partial charge in [-0.1, -0.05) is 67.9 Å². The topological polar surface area (TPSA) is 102 Å². The highest BCUT2D eigenvalue weighted by atomic mass is 32.2. The number of H-pyrrole nitrogens is 1. The average Bonchev–Trinajstić information content (AvgIpc) is 3.17. The number of benzene rings is 2. The summed E-state index contributed by atoms with van der Waals surface area (Å²) in [5.74, 6) is 1.53. The molecule has 1 atom stereocenters. The minimum Gasteiger partial charge on any atom is -0.490 e. The molecule has 2 N–H and O–H groups in total. The van der Waals surface area contributed by atoms with Crippen LogP contribution in [0.3, 0.4) is 0 Å². The number of fused-ring (bicyclic) bond motifs is 2. The van der Waals surface area contributed by atoms with Crippen molar-refractivity contribution in [3.8, 4) is 5.75 Å². The summed E-state index contributed by atoms with van der Waals surface area (Å²) in [5, 5.41) is 13.4. The molecule has 174 valence electrons. The first kappa shape index (κ1) is 23.1. The van der Waals surface area contributed by atoms with Crippen molar-refractivity contribution in [2.24, 2.45) is 7.05 Å². The highest BCUT2D eigenvalue weighted by Gasteiger charge is 2.20. The van der Waals surface area contributed by atoms with E-state index >= 15 is 0 Å². The van der Waals surface area contributed by atoms with Gasteiger partial charge in [0, 0.05) is 18.2 Å². The van der Waals surface area contributed by atoms with Gasteiger partial charge in [-0.25, -0.2) is 9.78 Å². The average molecular weight is 469 g/mol. The predicted octanol–water partition coefficient (Wildman–Crippen LogP) is 3.30. The lowest BCUT2D eigenvalue weighted by atomic mass is 10.1. The third kappa shape index (κ3) is 4.99. The molecule has 1 unspecified atom stereocenters. The first-order chi connectivity index (χ1) is 16.0. The number of nitrogens with zero attached hydrogens (tertiary/aromatic N) is 3. The molecule has 8 nitrogen and oxygen atoms in total. The molecule has 0 amide bonds. The van der Waals surface area contributed by atoms with Gasteiger partial charge in [-0.15, -0.1) is 0 Å². The number of aryl methyl sites for hydroxylation is 1. The molecule has 4 rings (SSSR count). The summed E-state index contributed by atoms with van der Waals surface area (Å²) in [7, 11) is 1.57. The second-order valence-electron chi connectivity index (χ2n) is 7.99. The fourth-order valence-corrected chi connectivity index (χ4v) is 4.78. The fraction of sp³-hybridized carbons (Fsp3) is 0.375. The Labute approximate surface area is 195 Å². The molecular weight excluding hydrogens is 440 g/mol. The lowest BCUT2D eigenvalue weighted by Gasteiger charge is -2.16. The first-order valence-corrected chi connectivity index (χ1v) is 12.1. The lowest BCUT2D eigenvalue weighted by Crippen LogP contribution is -2.30. The number of imidazole rings is 1. The van der Waals surface area contributed by atoms with Crippen LogP contribution < -0.4 is 16.0 Å². The second-order valence-corrected chi connectivity index (χ2v) is 9.06. The zero-order valence-corrected chi connectivity index (χ0v) is 19.6. The number of aliphatic hydroxyl groups is 1. The van der Waals surface area contributed by atoms with E-state index in [1.165, 1.54) is 16.3 Å². The predicted molar refractivity (Wildman–Crippen MR) is 131 cm³/mol. The Hall–Kier alpha value is -3.04. The van der Waals surface area contributed by atoms with E-state index in [0.717, 1.165) is 35.8 Å². The molecular formula is C24H28N4O4S. The number of unbranched alkanes of at least 4 members (excludes halogenated alkanes) is 2. The molecule has 0 bridgehead atoms. The molecule has 0 aliphatic carbocycles. The Morgan fingerprint density at radius 2 is 1.94 bits per heavy atom. The Morgan fingerprint density at radius 3 is 2.76 bits per heavy atom. The Bertz CT molecular complexity index is 1370. The monoisotopic (exact) mass is 468 g/mol. The number of aliphatic hydroxyl groups excluding tert-OH is 1. The number of nitrogens with one attached hydrogen (secondary N) is 1. The van der Waals surface area contributed by atoms with Crippen LogP contribution in [0.5, 0.6) is 5.75 Å². The molecule has 0 aliphatic heterocycles. The number of aromatic amines is 1. The lowest BCUT2D eigenvalue weighted by molar-refractivity contribution is 0.0921. The van der Waals surface area contributed by atoms with E-state index in [9.17, 15) is 14.7 Å². The molecule has 2 aromatic heterocycles. The number of hydrogen-bond acceptors (Lipinski definition) is 6. The molecule has 0 aliphatic rings. The largest absolute Gasteiger partial charge is 0.490 e. The molecule has 0 radical (unpaired) electrons. The van der Waals surface area contributed by atoms with Crippen LogP contribution in [0, 0.1) is 0 Å². The van der Waals surface area contributed by atoms with Gasteiger partial charge in [0.1, 0.15) is 18.5 Å². The van der Waals surface area contributed by atoms with Crippen LogP contribution in [0.2, 0.25) is 0 Å². The van der Waals surface area contributed by atoms with Crippen LogP contribution in [-0.2, 0) is 13.6 Å². The third-order valence-corrected chi connectivity index (χ3v) is 6.59. The highest BCUT2D eigenvalue weighted by molar-refractivity contribution is 7.99. The van der Waals surface area contributed by atoms with Crippen LogP contribution >= 0.6 is 11.8 Å². The Kier molecular flexibility index (Phi) is 7.20. The van der Waals surface area contributed by atoms with Crippen molar-refractivity contribution in [1.82, 2.24) is 19.1 Å². The zero-order chi connectivity index (χ0) is 23.4. The standard InChI is InChI=1S/C24H28N4O4S/c1-3-4-7-13-33-24-25-21-20(22(30)26-23(31)27(21)2)28(24)14-17(29)15-32-19-12-8-10-16-9-5-6-11-18(16)19/h5-6,8-12,17,29H,3-4,7,13-15H2,1-2H3,(H,26,30,31). The summed E-state index contributed by atoms with van der Waals surface area (Å²) < 4.78 is 8.95. The molecule has 2 aromatic carbocycles. The van der Waals surface area contributed by atoms with E-state index in [2.05, 4.69) is 16.9 Å². The zero-order valence-electron chi connectivity index (χ0n) is 18.8. The van der Waals surface area contributed by atoms with Gasteiger partial charge in [-0.2, -0.15) is 0 Å². The smallest absolute Gasteiger partial charge is 0.329 e. The molecule has 33 heavy (non-hydrogen) atoms. The van der Waals surface area contributed by atoms with Crippen molar-refractivity contribution in [2.45, 2.75) is 44.0 Å². The van der Waals surface area contributed by atoms with Gasteiger partial charge >= 0.3 is 5.69 Å².